The summed E-state index contributed by atoms with van der Waals surface area (Å²) in [5.74, 6) is 4.67. The molecule has 0 heterocycles. The van der Waals surface area contributed by atoms with Gasteiger partial charge in [0, 0.05) is 11.1 Å². The molecule has 1 rings (SSSR count). The van der Waals surface area contributed by atoms with Crippen molar-refractivity contribution in [1.82, 2.24) is 5.32 Å². The largest absolute Gasteiger partial charge is 0.480 e. The maximum absolute atomic E-state index is 12.1. The minimum absolute atomic E-state index is 0.370. The number of aliphatic hydroxyl groups is 1. The molecular weight excluding hydrogens is 314 g/mol. The van der Waals surface area contributed by atoms with Gasteiger partial charge in [-0.05, 0) is 56.5 Å². The van der Waals surface area contributed by atoms with Crippen molar-refractivity contribution in [2.75, 3.05) is 12.0 Å². The zero-order valence-corrected chi connectivity index (χ0v) is 14.2. The van der Waals surface area contributed by atoms with Crippen LogP contribution in [-0.2, 0) is 4.79 Å². The SMILES string of the molecule is CSCCC(NC(=O)c1ccc(C#CC(C)(C)O)cc1)C(=O)O. The number of hydrogen-bond acceptors (Lipinski definition) is 4. The van der Waals surface area contributed by atoms with Crippen LogP contribution in [0.5, 0.6) is 0 Å². The van der Waals surface area contributed by atoms with E-state index in [1.165, 1.54) is 11.8 Å². The maximum atomic E-state index is 12.1. The van der Waals surface area contributed by atoms with Gasteiger partial charge in [0.25, 0.3) is 5.91 Å². The Bertz CT molecular complexity index is 608. The molecule has 1 unspecified atom stereocenters. The molecule has 0 fully saturated rings. The fourth-order valence-corrected chi connectivity index (χ4v) is 2.14. The van der Waals surface area contributed by atoms with Crippen molar-refractivity contribution < 1.29 is 19.8 Å². The fraction of sp³-hybridized carbons (Fsp3) is 0.412. The molecule has 1 aromatic rings. The number of nitrogens with one attached hydrogen (secondary N) is 1. The van der Waals surface area contributed by atoms with E-state index in [1.54, 1.807) is 38.1 Å². The first-order chi connectivity index (χ1) is 10.7. The van der Waals surface area contributed by atoms with Crippen LogP contribution in [0.15, 0.2) is 24.3 Å². The van der Waals surface area contributed by atoms with Crippen molar-refractivity contribution in [3.05, 3.63) is 35.4 Å². The zero-order chi connectivity index (χ0) is 17.5. The quantitative estimate of drug-likeness (QED) is 0.690. The minimum atomic E-state index is -1.08. The molecule has 0 bridgehead atoms. The van der Waals surface area contributed by atoms with E-state index in [2.05, 4.69) is 17.2 Å². The van der Waals surface area contributed by atoms with Crippen molar-refractivity contribution in [2.24, 2.45) is 0 Å². The molecule has 23 heavy (non-hydrogen) atoms. The molecule has 0 saturated carbocycles. The van der Waals surface area contributed by atoms with Gasteiger partial charge >= 0.3 is 5.97 Å². The number of thioether (sulfide) groups is 1. The second kappa shape index (κ2) is 8.61. The summed E-state index contributed by atoms with van der Waals surface area (Å²) in [5, 5.41) is 21.2. The smallest absolute Gasteiger partial charge is 0.326 e. The van der Waals surface area contributed by atoms with E-state index in [4.69, 9.17) is 5.11 Å². The number of aliphatic carboxylic acids is 1. The van der Waals surface area contributed by atoms with Crippen LogP contribution in [0.1, 0.15) is 36.2 Å². The highest BCUT2D eigenvalue weighted by Gasteiger charge is 2.20. The molecule has 0 radical (unpaired) electrons. The normalized spacial score (nSPS) is 12.0. The van der Waals surface area contributed by atoms with E-state index in [9.17, 15) is 14.7 Å². The number of rotatable bonds is 6. The van der Waals surface area contributed by atoms with E-state index >= 15 is 0 Å². The second-order valence-corrected chi connectivity index (χ2v) is 6.52. The van der Waals surface area contributed by atoms with Crippen molar-refractivity contribution in [3.8, 4) is 11.8 Å². The Hall–Kier alpha value is -1.97. The molecule has 5 nitrogen and oxygen atoms in total. The summed E-state index contributed by atoms with van der Waals surface area (Å²) < 4.78 is 0. The van der Waals surface area contributed by atoms with Gasteiger partial charge in [-0.25, -0.2) is 4.79 Å². The lowest BCUT2D eigenvalue weighted by Gasteiger charge is -2.14. The average Bonchev–Trinajstić information content (AvgIpc) is 2.48. The summed E-state index contributed by atoms with van der Waals surface area (Å²) in [6.45, 7) is 3.17. The molecule has 124 valence electrons. The Balaban J connectivity index is 2.76. The van der Waals surface area contributed by atoms with Gasteiger partial charge in [0.2, 0.25) is 0 Å². The monoisotopic (exact) mass is 335 g/mol. The Morgan fingerprint density at radius 1 is 1.30 bits per heavy atom. The molecule has 1 atom stereocenters. The Labute approximate surface area is 140 Å². The van der Waals surface area contributed by atoms with E-state index in [0.29, 0.717) is 23.3 Å². The van der Waals surface area contributed by atoms with Crippen molar-refractivity contribution in [1.29, 1.82) is 0 Å². The second-order valence-electron chi connectivity index (χ2n) is 5.53. The lowest BCUT2D eigenvalue weighted by Crippen LogP contribution is -2.41. The molecule has 0 aromatic heterocycles. The van der Waals surface area contributed by atoms with Gasteiger partial charge in [-0.15, -0.1) is 0 Å². The van der Waals surface area contributed by atoms with Crippen LogP contribution in [-0.4, -0.2) is 45.7 Å². The lowest BCUT2D eigenvalue weighted by molar-refractivity contribution is -0.139. The summed E-state index contributed by atoms with van der Waals surface area (Å²) in [5.41, 5.74) is -0.0442. The molecule has 0 aliphatic carbocycles. The fourth-order valence-electron chi connectivity index (χ4n) is 1.66. The van der Waals surface area contributed by atoms with Gasteiger partial charge in [0.15, 0.2) is 0 Å². The predicted octanol–water partition coefficient (Wildman–Crippen LogP) is 1.75. The Kier molecular flexibility index (Phi) is 7.14. The molecule has 0 aliphatic rings. The third kappa shape index (κ3) is 7.22. The van der Waals surface area contributed by atoms with Gasteiger partial charge in [-0.2, -0.15) is 11.8 Å². The highest BCUT2D eigenvalue weighted by Crippen LogP contribution is 2.07. The van der Waals surface area contributed by atoms with Crippen LogP contribution >= 0.6 is 11.8 Å². The van der Waals surface area contributed by atoms with Crippen LogP contribution in [0.25, 0.3) is 0 Å². The van der Waals surface area contributed by atoms with Gasteiger partial charge in [-0.3, -0.25) is 4.79 Å². The van der Waals surface area contributed by atoms with Gasteiger partial charge in [0.1, 0.15) is 11.6 Å². The van der Waals surface area contributed by atoms with Crippen LogP contribution < -0.4 is 5.32 Å². The first-order valence-electron chi connectivity index (χ1n) is 7.11. The molecule has 1 amide bonds. The van der Waals surface area contributed by atoms with Gasteiger partial charge < -0.3 is 15.5 Å². The van der Waals surface area contributed by atoms with Crippen molar-refractivity contribution in [2.45, 2.75) is 31.9 Å². The zero-order valence-electron chi connectivity index (χ0n) is 13.4. The Morgan fingerprint density at radius 3 is 2.39 bits per heavy atom. The topological polar surface area (TPSA) is 86.6 Å². The Morgan fingerprint density at radius 2 is 1.91 bits per heavy atom. The number of amides is 1. The standard InChI is InChI=1S/C17H21NO4S/c1-17(2,22)10-8-12-4-6-13(7-5-12)15(19)18-14(16(20)21)9-11-23-3/h4-7,14,22H,9,11H2,1-3H3,(H,18,19)(H,20,21). The summed E-state index contributed by atoms with van der Waals surface area (Å²) >= 11 is 1.53. The number of carbonyl (C=O) groups excluding carboxylic acids is 1. The molecule has 0 saturated heterocycles. The van der Waals surface area contributed by atoms with Gasteiger partial charge in [-0.1, -0.05) is 11.8 Å². The van der Waals surface area contributed by atoms with Crippen molar-refractivity contribution >= 4 is 23.6 Å². The van der Waals surface area contributed by atoms with E-state index in [0.717, 1.165) is 0 Å². The van der Waals surface area contributed by atoms with E-state index in [1.807, 2.05) is 6.26 Å². The number of benzene rings is 1. The third-order valence-corrected chi connectivity index (χ3v) is 3.52. The van der Waals surface area contributed by atoms with Crippen LogP contribution in [0.4, 0.5) is 0 Å². The number of carbonyl (C=O) groups is 2. The summed E-state index contributed by atoms with van der Waals surface area (Å²) in [6, 6.07) is 5.58. The molecule has 1 aromatic carbocycles. The minimum Gasteiger partial charge on any atom is -0.480 e. The lowest BCUT2D eigenvalue weighted by atomic mass is 10.1. The first kappa shape index (κ1) is 19.1. The molecular formula is C17H21NO4S. The van der Waals surface area contributed by atoms with E-state index < -0.39 is 23.5 Å². The molecule has 0 spiro atoms. The predicted molar refractivity (Wildman–Crippen MR) is 91.5 cm³/mol. The summed E-state index contributed by atoms with van der Waals surface area (Å²) in [7, 11) is 0. The molecule has 6 heteroatoms. The summed E-state index contributed by atoms with van der Waals surface area (Å²) in [6.07, 6.45) is 2.26. The van der Waals surface area contributed by atoms with Crippen LogP contribution in [0, 0.1) is 11.8 Å². The van der Waals surface area contributed by atoms with Crippen LogP contribution in [0.3, 0.4) is 0 Å². The number of hydrogen-bond donors (Lipinski definition) is 3. The average molecular weight is 335 g/mol. The van der Waals surface area contributed by atoms with Gasteiger partial charge in [0.05, 0.1) is 0 Å². The number of carboxylic acids is 1. The van der Waals surface area contributed by atoms with E-state index in [-0.39, 0.29) is 0 Å². The molecule has 0 aliphatic heterocycles. The molecule has 3 N–H and O–H groups in total. The first-order valence-corrected chi connectivity index (χ1v) is 8.50. The van der Waals surface area contributed by atoms with Crippen LogP contribution in [0.2, 0.25) is 0 Å². The number of carboxylic acid groups (broad SMARTS) is 1. The van der Waals surface area contributed by atoms with Crippen molar-refractivity contribution in [3.63, 3.8) is 0 Å². The summed E-state index contributed by atoms with van der Waals surface area (Å²) in [4.78, 5) is 23.2. The maximum Gasteiger partial charge on any atom is 0.326 e. The highest BCUT2D eigenvalue weighted by molar-refractivity contribution is 7.98. The highest BCUT2D eigenvalue weighted by atomic mass is 32.2. The third-order valence-electron chi connectivity index (χ3n) is 2.87.